The first-order valence-corrected chi connectivity index (χ1v) is 9.19. The summed E-state index contributed by atoms with van der Waals surface area (Å²) in [5, 5.41) is 11.4. The zero-order chi connectivity index (χ0) is 18.4. The summed E-state index contributed by atoms with van der Waals surface area (Å²) >= 11 is 0. The zero-order valence-corrected chi connectivity index (χ0v) is 15.4. The molecule has 1 aliphatic heterocycles. The molecule has 0 atom stereocenters. The lowest BCUT2D eigenvalue weighted by Gasteiger charge is -2.23. The second-order valence-electron chi connectivity index (χ2n) is 6.58. The molecule has 6 heteroatoms. The molecule has 0 bridgehead atoms. The molecule has 138 valence electrons. The molecule has 26 heavy (non-hydrogen) atoms. The third-order valence-electron chi connectivity index (χ3n) is 4.77. The Hall–Kier alpha value is -2.47. The lowest BCUT2D eigenvalue weighted by atomic mass is 10.1. The second-order valence-corrected chi connectivity index (χ2v) is 6.58. The monoisotopic (exact) mass is 354 g/mol. The third kappa shape index (κ3) is 4.58. The van der Waals surface area contributed by atoms with Gasteiger partial charge in [-0.15, -0.1) is 10.2 Å². The van der Waals surface area contributed by atoms with E-state index in [4.69, 9.17) is 4.74 Å². The summed E-state index contributed by atoms with van der Waals surface area (Å²) in [5.74, 6) is 0.608. The van der Waals surface area contributed by atoms with E-state index in [1.54, 1.807) is 6.07 Å². The number of nitrogens with one attached hydrogen (secondary N) is 1. The summed E-state index contributed by atoms with van der Waals surface area (Å²) in [4.78, 5) is 14.5. The van der Waals surface area contributed by atoms with Crippen molar-refractivity contribution >= 4 is 11.7 Å². The average Bonchev–Trinajstić information content (AvgIpc) is 2.68. The van der Waals surface area contributed by atoms with E-state index in [9.17, 15) is 4.79 Å². The molecule has 0 saturated carbocycles. The number of anilines is 1. The molecule has 0 aliphatic carbocycles. The maximum atomic E-state index is 12.3. The number of carbonyl (C=O) groups is 1. The Morgan fingerprint density at radius 2 is 1.96 bits per heavy atom. The Morgan fingerprint density at radius 1 is 1.19 bits per heavy atom. The Morgan fingerprint density at radius 3 is 2.62 bits per heavy atom. The maximum Gasteiger partial charge on any atom is 0.272 e. The summed E-state index contributed by atoms with van der Waals surface area (Å²) in [6, 6.07) is 12.1. The van der Waals surface area contributed by atoms with Crippen LogP contribution in [0.15, 0.2) is 36.4 Å². The van der Waals surface area contributed by atoms with Crippen molar-refractivity contribution in [2.75, 3.05) is 24.7 Å². The van der Waals surface area contributed by atoms with Crippen molar-refractivity contribution in [3.63, 3.8) is 0 Å². The van der Waals surface area contributed by atoms with Crippen LogP contribution in [0.25, 0.3) is 0 Å². The Balaban J connectivity index is 1.65. The molecule has 0 unspecified atom stereocenters. The van der Waals surface area contributed by atoms with Gasteiger partial charge in [0.25, 0.3) is 5.91 Å². The van der Waals surface area contributed by atoms with Gasteiger partial charge < -0.3 is 15.0 Å². The number of nitrogens with zero attached hydrogens (tertiary/aromatic N) is 3. The molecule has 3 rings (SSSR count). The Bertz CT molecular complexity index is 727. The van der Waals surface area contributed by atoms with Crippen molar-refractivity contribution < 1.29 is 9.53 Å². The van der Waals surface area contributed by atoms with E-state index in [1.807, 2.05) is 18.2 Å². The molecule has 2 aromatic rings. The van der Waals surface area contributed by atoms with E-state index in [0.29, 0.717) is 18.9 Å². The standard InChI is InChI=1S/C20H26N4O2/c1-3-24(14-16-7-5-4-6-15(16)2)19-9-8-18(22-23-19)20(25)21-17-10-12-26-13-11-17/h4-9,17H,3,10-14H2,1-2H3,(H,21,25). The molecule has 1 aromatic carbocycles. The number of hydrogen-bond donors (Lipinski definition) is 1. The van der Waals surface area contributed by atoms with Crippen molar-refractivity contribution in [1.82, 2.24) is 15.5 Å². The maximum absolute atomic E-state index is 12.3. The van der Waals surface area contributed by atoms with Gasteiger partial charge in [0, 0.05) is 32.3 Å². The van der Waals surface area contributed by atoms with Crippen LogP contribution in [0, 0.1) is 6.92 Å². The second kappa shape index (κ2) is 8.76. The molecule has 1 saturated heterocycles. The van der Waals surface area contributed by atoms with Gasteiger partial charge in [-0.25, -0.2) is 0 Å². The number of rotatable bonds is 6. The summed E-state index contributed by atoms with van der Waals surface area (Å²) < 4.78 is 5.31. The molecule has 0 radical (unpaired) electrons. The molecule has 6 nitrogen and oxygen atoms in total. The quantitative estimate of drug-likeness (QED) is 0.864. The smallest absolute Gasteiger partial charge is 0.272 e. The molecule has 1 fully saturated rings. The molecule has 2 heterocycles. The van der Waals surface area contributed by atoms with Crippen LogP contribution in [0.4, 0.5) is 5.82 Å². The fraction of sp³-hybridized carbons (Fsp3) is 0.450. The van der Waals surface area contributed by atoms with E-state index in [1.165, 1.54) is 11.1 Å². The highest BCUT2D eigenvalue weighted by atomic mass is 16.5. The van der Waals surface area contributed by atoms with Crippen molar-refractivity contribution in [1.29, 1.82) is 0 Å². The van der Waals surface area contributed by atoms with Crippen molar-refractivity contribution in [3.8, 4) is 0 Å². The minimum Gasteiger partial charge on any atom is -0.381 e. The van der Waals surface area contributed by atoms with Gasteiger partial charge in [0.15, 0.2) is 11.5 Å². The number of carbonyl (C=O) groups excluding carboxylic acids is 1. The molecule has 1 aromatic heterocycles. The number of hydrogen-bond acceptors (Lipinski definition) is 5. The van der Waals surface area contributed by atoms with Crippen LogP contribution >= 0.6 is 0 Å². The van der Waals surface area contributed by atoms with Crippen molar-refractivity contribution in [3.05, 3.63) is 53.2 Å². The van der Waals surface area contributed by atoms with Crippen LogP contribution in [-0.2, 0) is 11.3 Å². The molecular formula is C20H26N4O2. The van der Waals surface area contributed by atoms with E-state index in [2.05, 4.69) is 46.4 Å². The molecule has 0 spiro atoms. The van der Waals surface area contributed by atoms with Gasteiger partial charge in [-0.3, -0.25) is 4.79 Å². The highest BCUT2D eigenvalue weighted by molar-refractivity contribution is 5.92. The third-order valence-corrected chi connectivity index (χ3v) is 4.77. The van der Waals surface area contributed by atoms with Crippen LogP contribution in [0.1, 0.15) is 41.4 Å². The number of aromatic nitrogens is 2. The predicted molar refractivity (Wildman–Crippen MR) is 101 cm³/mol. The number of amides is 1. The van der Waals surface area contributed by atoms with Crippen LogP contribution in [0.5, 0.6) is 0 Å². The summed E-state index contributed by atoms with van der Waals surface area (Å²) in [6.07, 6.45) is 1.69. The van der Waals surface area contributed by atoms with Gasteiger partial charge in [-0.05, 0) is 49.9 Å². The minimum atomic E-state index is -0.169. The lowest BCUT2D eigenvalue weighted by Crippen LogP contribution is -2.39. The SMILES string of the molecule is CCN(Cc1ccccc1C)c1ccc(C(=O)NC2CCOCC2)nn1. The van der Waals surface area contributed by atoms with Crippen molar-refractivity contribution in [2.24, 2.45) is 0 Å². The first kappa shape index (κ1) is 18.3. The normalized spacial score (nSPS) is 14.8. The van der Waals surface area contributed by atoms with Gasteiger partial charge in [0.2, 0.25) is 0 Å². The summed E-state index contributed by atoms with van der Waals surface area (Å²) in [6.45, 7) is 7.17. The Kier molecular flexibility index (Phi) is 6.17. The van der Waals surface area contributed by atoms with Crippen molar-refractivity contribution in [2.45, 2.75) is 39.3 Å². The van der Waals surface area contributed by atoms with Gasteiger partial charge in [0.05, 0.1) is 0 Å². The zero-order valence-electron chi connectivity index (χ0n) is 15.4. The minimum absolute atomic E-state index is 0.158. The van der Waals surface area contributed by atoms with Crippen LogP contribution < -0.4 is 10.2 Å². The lowest BCUT2D eigenvalue weighted by molar-refractivity contribution is 0.0693. The topological polar surface area (TPSA) is 67.4 Å². The van der Waals surface area contributed by atoms with Gasteiger partial charge in [0.1, 0.15) is 0 Å². The van der Waals surface area contributed by atoms with Gasteiger partial charge in [-0.2, -0.15) is 0 Å². The molecule has 1 amide bonds. The molecular weight excluding hydrogens is 328 g/mol. The van der Waals surface area contributed by atoms with E-state index in [0.717, 1.165) is 31.7 Å². The highest BCUT2D eigenvalue weighted by Gasteiger charge is 2.18. The van der Waals surface area contributed by atoms with Crippen LogP contribution in [0.3, 0.4) is 0 Å². The number of ether oxygens (including phenoxy) is 1. The van der Waals surface area contributed by atoms with Crippen LogP contribution in [0.2, 0.25) is 0 Å². The van der Waals surface area contributed by atoms with E-state index in [-0.39, 0.29) is 11.9 Å². The first-order valence-electron chi connectivity index (χ1n) is 9.19. The number of aryl methyl sites for hydroxylation is 1. The van der Waals surface area contributed by atoms with E-state index < -0.39 is 0 Å². The number of benzene rings is 1. The van der Waals surface area contributed by atoms with E-state index >= 15 is 0 Å². The first-order chi connectivity index (χ1) is 12.7. The molecule has 1 aliphatic rings. The predicted octanol–water partition coefficient (Wildman–Crippen LogP) is 2.72. The summed E-state index contributed by atoms with van der Waals surface area (Å²) in [5.41, 5.74) is 2.87. The average molecular weight is 354 g/mol. The molecule has 1 N–H and O–H groups in total. The van der Waals surface area contributed by atoms with Gasteiger partial charge >= 0.3 is 0 Å². The fourth-order valence-electron chi connectivity index (χ4n) is 3.06. The largest absolute Gasteiger partial charge is 0.381 e. The van der Waals surface area contributed by atoms with Gasteiger partial charge in [-0.1, -0.05) is 24.3 Å². The Labute approximate surface area is 154 Å². The van der Waals surface area contributed by atoms with Crippen LogP contribution in [-0.4, -0.2) is 41.9 Å². The fourth-order valence-corrected chi connectivity index (χ4v) is 3.06. The summed E-state index contributed by atoms with van der Waals surface area (Å²) in [7, 11) is 0. The highest BCUT2D eigenvalue weighted by Crippen LogP contribution is 2.16.